The van der Waals surface area contributed by atoms with E-state index in [2.05, 4.69) is 16.2 Å². The molecule has 1 aromatic carbocycles. The minimum atomic E-state index is -0.0189. The molecule has 0 fully saturated rings. The number of hydrazine groups is 1. The molecule has 3 N–H and O–H groups in total. The number of anilines is 1. The smallest absolute Gasteiger partial charge is 0.248 e. The first-order chi connectivity index (χ1) is 10.5. The van der Waals surface area contributed by atoms with Gasteiger partial charge in [-0.2, -0.15) is 0 Å². The number of amides is 1. The number of allylic oxidation sites excluding steroid dienone is 1. The van der Waals surface area contributed by atoms with Crippen molar-refractivity contribution < 1.29 is 4.79 Å². The van der Waals surface area contributed by atoms with E-state index in [1.54, 1.807) is 11.0 Å². The number of carbonyl (C=O) groups excluding carboxylic acids is 1. The maximum absolute atomic E-state index is 11.9. The molecule has 1 aromatic rings. The Hall–Kier alpha value is -2.08. The van der Waals surface area contributed by atoms with E-state index >= 15 is 0 Å². The van der Waals surface area contributed by atoms with Crippen molar-refractivity contribution in [2.45, 2.75) is 27.7 Å². The minimum Gasteiger partial charge on any atom is -0.340 e. The molecule has 0 heterocycles. The zero-order valence-electron chi connectivity index (χ0n) is 13.6. The Morgan fingerprint density at radius 3 is 2.45 bits per heavy atom. The predicted molar refractivity (Wildman–Crippen MR) is 95.4 cm³/mol. The van der Waals surface area contributed by atoms with Crippen LogP contribution in [-0.4, -0.2) is 29.0 Å². The standard InChI is InChI=1S/C16H24N4OS/c1-5-20(6-2)15(21)11-13(4)18-19-16(22)17-14-10-8-7-9-12(14)3/h7-11,18H,5-6H2,1-4H3,(H2,17,19,22). The number of carbonyl (C=O) groups is 1. The highest BCUT2D eigenvalue weighted by atomic mass is 32.1. The fraction of sp³-hybridized carbons (Fsp3) is 0.375. The van der Waals surface area contributed by atoms with Crippen LogP contribution in [0.5, 0.6) is 0 Å². The predicted octanol–water partition coefficient (Wildman–Crippen LogP) is 2.56. The van der Waals surface area contributed by atoms with Crippen LogP contribution in [0.25, 0.3) is 0 Å². The van der Waals surface area contributed by atoms with Gasteiger partial charge in [-0.25, -0.2) is 0 Å². The first kappa shape index (κ1) is 18.0. The van der Waals surface area contributed by atoms with E-state index in [1.165, 1.54) is 0 Å². The SMILES string of the molecule is CCN(CC)C(=O)C=C(C)NNC(=S)Nc1ccccc1C. The number of hydrogen-bond donors (Lipinski definition) is 3. The van der Waals surface area contributed by atoms with E-state index in [1.807, 2.05) is 52.0 Å². The van der Waals surface area contributed by atoms with Gasteiger partial charge < -0.3 is 15.6 Å². The van der Waals surface area contributed by atoms with Crippen molar-refractivity contribution in [3.63, 3.8) is 0 Å². The van der Waals surface area contributed by atoms with Crippen molar-refractivity contribution >= 4 is 28.9 Å². The minimum absolute atomic E-state index is 0.0189. The Bertz CT molecular complexity index is 553. The van der Waals surface area contributed by atoms with Gasteiger partial charge in [0.15, 0.2) is 5.11 Å². The molecule has 0 aliphatic carbocycles. The first-order valence-corrected chi connectivity index (χ1v) is 7.74. The number of aryl methyl sites for hydroxylation is 1. The highest BCUT2D eigenvalue weighted by Gasteiger charge is 2.06. The lowest BCUT2D eigenvalue weighted by molar-refractivity contribution is -0.125. The molecule has 0 saturated heterocycles. The van der Waals surface area contributed by atoms with E-state index in [4.69, 9.17) is 12.2 Å². The Morgan fingerprint density at radius 1 is 1.23 bits per heavy atom. The van der Waals surface area contributed by atoms with E-state index in [-0.39, 0.29) is 5.91 Å². The Kier molecular flexibility index (Phi) is 7.39. The van der Waals surface area contributed by atoms with Gasteiger partial charge in [-0.15, -0.1) is 0 Å². The molecule has 0 spiro atoms. The second kappa shape index (κ2) is 9.04. The molecule has 1 amide bonds. The van der Waals surface area contributed by atoms with Gasteiger partial charge in [0.2, 0.25) is 5.91 Å². The summed E-state index contributed by atoms with van der Waals surface area (Å²) in [7, 11) is 0. The molecule has 0 aromatic heterocycles. The Balaban J connectivity index is 2.50. The summed E-state index contributed by atoms with van der Waals surface area (Å²) < 4.78 is 0. The van der Waals surface area contributed by atoms with Gasteiger partial charge >= 0.3 is 0 Å². The van der Waals surface area contributed by atoms with Crippen LogP contribution in [-0.2, 0) is 4.79 Å². The maximum Gasteiger partial charge on any atom is 0.248 e. The summed E-state index contributed by atoms with van der Waals surface area (Å²) in [5.74, 6) is -0.0189. The van der Waals surface area contributed by atoms with Crippen molar-refractivity contribution in [1.82, 2.24) is 15.8 Å². The average Bonchev–Trinajstić information content (AvgIpc) is 2.49. The number of nitrogens with one attached hydrogen (secondary N) is 3. The Labute approximate surface area is 137 Å². The molecule has 0 saturated carbocycles. The number of rotatable bonds is 6. The van der Waals surface area contributed by atoms with Gasteiger partial charge in [0.1, 0.15) is 0 Å². The zero-order valence-corrected chi connectivity index (χ0v) is 14.4. The normalized spacial score (nSPS) is 10.8. The summed E-state index contributed by atoms with van der Waals surface area (Å²) in [6, 6.07) is 7.88. The fourth-order valence-electron chi connectivity index (χ4n) is 1.87. The topological polar surface area (TPSA) is 56.4 Å². The number of hydrogen-bond acceptors (Lipinski definition) is 3. The molecule has 1 rings (SSSR count). The van der Waals surface area contributed by atoms with Crippen LogP contribution in [0.4, 0.5) is 5.69 Å². The number of likely N-dealkylation sites (N-methyl/N-ethyl adjacent to an activating group) is 1. The van der Waals surface area contributed by atoms with Crippen LogP contribution >= 0.6 is 12.2 Å². The summed E-state index contributed by atoms with van der Waals surface area (Å²) in [6.45, 7) is 9.12. The summed E-state index contributed by atoms with van der Waals surface area (Å²) in [6.07, 6.45) is 1.55. The van der Waals surface area contributed by atoms with Crippen molar-refractivity contribution in [3.8, 4) is 0 Å². The van der Waals surface area contributed by atoms with Crippen LogP contribution in [0.1, 0.15) is 26.3 Å². The van der Waals surface area contributed by atoms with Gasteiger partial charge in [-0.3, -0.25) is 10.2 Å². The second-order valence-electron chi connectivity index (χ2n) is 4.86. The molecule has 5 nitrogen and oxygen atoms in total. The van der Waals surface area contributed by atoms with E-state index in [9.17, 15) is 4.79 Å². The van der Waals surface area contributed by atoms with E-state index in [0.29, 0.717) is 23.9 Å². The zero-order chi connectivity index (χ0) is 16.5. The van der Waals surface area contributed by atoms with Crippen LogP contribution in [0.15, 0.2) is 36.0 Å². The van der Waals surface area contributed by atoms with Gasteiger partial charge in [-0.1, -0.05) is 18.2 Å². The molecule has 0 bridgehead atoms. The van der Waals surface area contributed by atoms with E-state index < -0.39 is 0 Å². The second-order valence-corrected chi connectivity index (χ2v) is 5.27. The van der Waals surface area contributed by atoms with Crippen LogP contribution in [0.3, 0.4) is 0 Å². The van der Waals surface area contributed by atoms with Gasteiger partial charge in [-0.05, 0) is 51.5 Å². The lowest BCUT2D eigenvalue weighted by atomic mass is 10.2. The van der Waals surface area contributed by atoms with Crippen molar-refractivity contribution in [1.29, 1.82) is 0 Å². The molecule has 0 aliphatic heterocycles. The quantitative estimate of drug-likeness (QED) is 0.427. The molecule has 120 valence electrons. The number of nitrogens with zero attached hydrogens (tertiary/aromatic N) is 1. The number of para-hydroxylation sites is 1. The highest BCUT2D eigenvalue weighted by Crippen LogP contribution is 2.12. The van der Waals surface area contributed by atoms with E-state index in [0.717, 1.165) is 11.3 Å². The average molecular weight is 320 g/mol. The molecular weight excluding hydrogens is 296 g/mol. The number of benzene rings is 1. The number of thiocarbonyl (C=S) groups is 1. The van der Waals surface area contributed by atoms with Crippen molar-refractivity contribution in [3.05, 3.63) is 41.6 Å². The largest absolute Gasteiger partial charge is 0.340 e. The molecule has 6 heteroatoms. The third-order valence-corrected chi connectivity index (χ3v) is 3.39. The van der Waals surface area contributed by atoms with Crippen LogP contribution in [0, 0.1) is 6.92 Å². The molecule has 0 radical (unpaired) electrons. The van der Waals surface area contributed by atoms with Gasteiger partial charge in [0.25, 0.3) is 0 Å². The first-order valence-electron chi connectivity index (χ1n) is 7.33. The lowest BCUT2D eigenvalue weighted by Gasteiger charge is -2.18. The summed E-state index contributed by atoms with van der Waals surface area (Å²) in [5.41, 5.74) is 8.54. The molecule has 0 unspecified atom stereocenters. The monoisotopic (exact) mass is 320 g/mol. The summed E-state index contributed by atoms with van der Waals surface area (Å²) in [5, 5.41) is 3.54. The molecular formula is C16H24N4OS. The van der Waals surface area contributed by atoms with Gasteiger partial charge in [0.05, 0.1) is 0 Å². The maximum atomic E-state index is 11.9. The summed E-state index contributed by atoms with van der Waals surface area (Å²) >= 11 is 5.22. The third-order valence-electron chi connectivity index (χ3n) is 3.18. The highest BCUT2D eigenvalue weighted by molar-refractivity contribution is 7.80. The van der Waals surface area contributed by atoms with Crippen LogP contribution in [0.2, 0.25) is 0 Å². The molecule has 0 aliphatic rings. The Morgan fingerprint density at radius 2 is 1.86 bits per heavy atom. The van der Waals surface area contributed by atoms with Crippen molar-refractivity contribution in [2.24, 2.45) is 0 Å². The third kappa shape index (κ3) is 5.73. The van der Waals surface area contributed by atoms with Gasteiger partial charge in [0, 0.05) is 30.5 Å². The van der Waals surface area contributed by atoms with Crippen LogP contribution < -0.4 is 16.2 Å². The molecule has 0 atom stereocenters. The summed E-state index contributed by atoms with van der Waals surface area (Å²) in [4.78, 5) is 13.7. The lowest BCUT2D eigenvalue weighted by Crippen LogP contribution is -2.39. The van der Waals surface area contributed by atoms with Crippen molar-refractivity contribution in [2.75, 3.05) is 18.4 Å². The fourth-order valence-corrected chi connectivity index (χ4v) is 2.03. The molecule has 22 heavy (non-hydrogen) atoms.